The fourth-order valence-electron chi connectivity index (χ4n) is 3.43. The number of benzene rings is 1. The molecule has 1 unspecified atom stereocenters. The largest absolute Gasteiger partial charge is 0.465 e. The topological polar surface area (TPSA) is 81.8 Å². The molecule has 1 aliphatic carbocycles. The highest BCUT2D eigenvalue weighted by atomic mass is 79.9. The minimum Gasteiger partial charge on any atom is -0.465 e. The standard InChI is InChI=1S/C18H19BrN2O3/c1-2-24-18(23)16-14(10-5-3-6-11(19)9-10)15-12(21-17(16)20)7-4-8-13(15)22/h3,5-6,9,14,16H,2,4,7-8H2,1H3,(H2,20,21)/t14-,16?/m1/s1. The van der Waals surface area contributed by atoms with E-state index < -0.39 is 17.8 Å². The summed E-state index contributed by atoms with van der Waals surface area (Å²) in [5.41, 5.74) is 8.32. The molecule has 0 aromatic heterocycles. The molecule has 1 aromatic rings. The molecule has 5 nitrogen and oxygen atoms in total. The molecule has 6 heteroatoms. The molecule has 0 saturated heterocycles. The summed E-state index contributed by atoms with van der Waals surface area (Å²) >= 11 is 3.46. The average molecular weight is 391 g/mol. The van der Waals surface area contributed by atoms with Crippen LogP contribution in [0.15, 0.2) is 45.0 Å². The molecule has 24 heavy (non-hydrogen) atoms. The number of carbonyl (C=O) groups is 2. The summed E-state index contributed by atoms with van der Waals surface area (Å²) in [6, 6.07) is 7.62. The fraction of sp³-hybridized carbons (Fsp3) is 0.389. The number of hydrogen-bond donors (Lipinski definition) is 1. The van der Waals surface area contributed by atoms with Crippen LogP contribution in [0.3, 0.4) is 0 Å². The smallest absolute Gasteiger partial charge is 0.317 e. The van der Waals surface area contributed by atoms with Gasteiger partial charge in [-0.3, -0.25) is 9.59 Å². The van der Waals surface area contributed by atoms with Gasteiger partial charge in [-0.2, -0.15) is 0 Å². The number of aliphatic imine (C=N–C) groups is 1. The van der Waals surface area contributed by atoms with Crippen LogP contribution in [-0.4, -0.2) is 24.2 Å². The van der Waals surface area contributed by atoms with Gasteiger partial charge in [0.1, 0.15) is 11.8 Å². The number of rotatable bonds is 3. The second-order valence-electron chi connectivity index (χ2n) is 5.94. The Morgan fingerprint density at radius 3 is 2.92 bits per heavy atom. The van der Waals surface area contributed by atoms with Crippen LogP contribution in [0.25, 0.3) is 0 Å². The lowest BCUT2D eigenvalue weighted by Crippen LogP contribution is -2.42. The molecule has 3 rings (SSSR count). The first-order chi connectivity index (χ1) is 11.5. The number of halogens is 1. The van der Waals surface area contributed by atoms with Crippen molar-refractivity contribution in [3.8, 4) is 0 Å². The molecular weight excluding hydrogens is 372 g/mol. The maximum Gasteiger partial charge on any atom is 0.317 e. The van der Waals surface area contributed by atoms with Crippen LogP contribution in [0.1, 0.15) is 37.7 Å². The predicted molar refractivity (Wildman–Crippen MR) is 94.5 cm³/mol. The molecule has 0 bridgehead atoms. The minimum atomic E-state index is -0.764. The Balaban J connectivity index is 2.15. The summed E-state index contributed by atoms with van der Waals surface area (Å²) < 4.78 is 6.09. The molecule has 2 atom stereocenters. The van der Waals surface area contributed by atoms with Crippen molar-refractivity contribution in [3.05, 3.63) is 45.6 Å². The van der Waals surface area contributed by atoms with Crippen molar-refractivity contribution in [3.63, 3.8) is 0 Å². The Hall–Kier alpha value is -1.95. The summed E-state index contributed by atoms with van der Waals surface area (Å²) in [6.45, 7) is 2.01. The average Bonchev–Trinajstić information content (AvgIpc) is 2.54. The summed E-state index contributed by atoms with van der Waals surface area (Å²) in [4.78, 5) is 29.5. The van der Waals surface area contributed by atoms with E-state index in [0.29, 0.717) is 24.1 Å². The number of esters is 1. The zero-order valence-corrected chi connectivity index (χ0v) is 15.0. The third-order valence-electron chi connectivity index (χ3n) is 4.40. The zero-order valence-electron chi connectivity index (χ0n) is 13.4. The van der Waals surface area contributed by atoms with Crippen molar-refractivity contribution in [2.24, 2.45) is 16.6 Å². The van der Waals surface area contributed by atoms with Crippen molar-refractivity contribution >= 4 is 33.5 Å². The van der Waals surface area contributed by atoms with E-state index in [1.165, 1.54) is 0 Å². The van der Waals surface area contributed by atoms with Gasteiger partial charge >= 0.3 is 5.97 Å². The number of Topliss-reactive ketones (excluding diaryl/α,β-unsaturated/α-hetero) is 1. The van der Waals surface area contributed by atoms with Crippen LogP contribution < -0.4 is 5.73 Å². The van der Waals surface area contributed by atoms with Crippen LogP contribution in [-0.2, 0) is 14.3 Å². The van der Waals surface area contributed by atoms with E-state index in [9.17, 15) is 9.59 Å². The predicted octanol–water partition coefficient (Wildman–Crippen LogP) is 3.09. The van der Waals surface area contributed by atoms with Gasteiger partial charge in [0, 0.05) is 28.1 Å². The monoisotopic (exact) mass is 390 g/mol. The molecule has 1 heterocycles. The lowest BCUT2D eigenvalue weighted by atomic mass is 9.73. The molecule has 126 valence electrons. The van der Waals surface area contributed by atoms with Crippen molar-refractivity contribution in [2.45, 2.75) is 32.1 Å². The van der Waals surface area contributed by atoms with Gasteiger partial charge in [-0.1, -0.05) is 28.1 Å². The number of nitrogens with two attached hydrogens (primary N) is 1. The number of hydrogen-bond acceptors (Lipinski definition) is 5. The quantitative estimate of drug-likeness (QED) is 0.803. The third kappa shape index (κ3) is 3.02. The van der Waals surface area contributed by atoms with Crippen LogP contribution >= 0.6 is 15.9 Å². The van der Waals surface area contributed by atoms with E-state index in [2.05, 4.69) is 20.9 Å². The molecule has 1 aromatic carbocycles. The first-order valence-electron chi connectivity index (χ1n) is 8.05. The summed E-state index contributed by atoms with van der Waals surface area (Å²) in [5.74, 6) is -1.37. The van der Waals surface area contributed by atoms with E-state index in [-0.39, 0.29) is 18.2 Å². The lowest BCUT2D eigenvalue weighted by molar-refractivity contribution is -0.146. The third-order valence-corrected chi connectivity index (χ3v) is 4.90. The molecule has 0 radical (unpaired) electrons. The summed E-state index contributed by atoms with van der Waals surface area (Å²) in [7, 11) is 0. The van der Waals surface area contributed by atoms with E-state index in [1.54, 1.807) is 6.92 Å². The second-order valence-corrected chi connectivity index (χ2v) is 6.85. The molecule has 0 amide bonds. The number of amidine groups is 1. The number of nitrogens with zero attached hydrogens (tertiary/aromatic N) is 1. The normalized spacial score (nSPS) is 23.6. The van der Waals surface area contributed by atoms with Gasteiger partial charge in [0.15, 0.2) is 5.78 Å². The Morgan fingerprint density at radius 1 is 1.42 bits per heavy atom. The van der Waals surface area contributed by atoms with Crippen LogP contribution in [0.4, 0.5) is 0 Å². The Bertz CT molecular complexity index is 754. The van der Waals surface area contributed by atoms with E-state index >= 15 is 0 Å². The lowest BCUT2D eigenvalue weighted by Gasteiger charge is -2.34. The first kappa shape index (κ1) is 16.9. The van der Waals surface area contributed by atoms with Crippen molar-refractivity contribution in [1.29, 1.82) is 0 Å². The zero-order chi connectivity index (χ0) is 17.3. The van der Waals surface area contributed by atoms with Gasteiger partial charge in [0.25, 0.3) is 0 Å². The highest BCUT2D eigenvalue weighted by Crippen LogP contribution is 2.43. The Kier molecular flexibility index (Phi) is 4.85. The maximum atomic E-state index is 12.6. The van der Waals surface area contributed by atoms with Crippen molar-refractivity contribution < 1.29 is 14.3 Å². The molecule has 2 aliphatic rings. The fourth-order valence-corrected chi connectivity index (χ4v) is 3.84. The van der Waals surface area contributed by atoms with Crippen molar-refractivity contribution in [2.75, 3.05) is 6.61 Å². The van der Waals surface area contributed by atoms with Gasteiger partial charge in [-0.25, -0.2) is 4.99 Å². The van der Waals surface area contributed by atoms with Gasteiger partial charge < -0.3 is 10.5 Å². The van der Waals surface area contributed by atoms with Crippen molar-refractivity contribution in [1.82, 2.24) is 0 Å². The van der Waals surface area contributed by atoms with E-state index in [0.717, 1.165) is 16.5 Å². The number of allylic oxidation sites excluding steroid dienone is 2. The van der Waals surface area contributed by atoms with Gasteiger partial charge in [0.05, 0.1) is 6.61 Å². The number of ketones is 1. The molecule has 0 spiro atoms. The molecular formula is C18H19BrN2O3. The minimum absolute atomic E-state index is 0.0479. The van der Waals surface area contributed by atoms with Gasteiger partial charge in [0.2, 0.25) is 0 Å². The van der Waals surface area contributed by atoms with E-state index in [4.69, 9.17) is 10.5 Å². The van der Waals surface area contributed by atoms with Crippen LogP contribution in [0, 0.1) is 5.92 Å². The summed E-state index contributed by atoms with van der Waals surface area (Å²) in [6.07, 6.45) is 1.96. The number of carbonyl (C=O) groups excluding carboxylic acids is 2. The van der Waals surface area contributed by atoms with Gasteiger partial charge in [-0.05, 0) is 37.5 Å². The first-order valence-corrected chi connectivity index (χ1v) is 8.84. The molecule has 1 aliphatic heterocycles. The molecule has 2 N–H and O–H groups in total. The van der Waals surface area contributed by atoms with Crippen LogP contribution in [0.2, 0.25) is 0 Å². The SMILES string of the molecule is CCOC(=O)C1C(N)=NC2=C(C(=O)CCC2)[C@H]1c1cccc(Br)c1. The summed E-state index contributed by atoms with van der Waals surface area (Å²) in [5, 5.41) is 0. The van der Waals surface area contributed by atoms with E-state index in [1.807, 2.05) is 24.3 Å². The van der Waals surface area contributed by atoms with Gasteiger partial charge in [-0.15, -0.1) is 0 Å². The Labute approximate surface area is 149 Å². The highest BCUT2D eigenvalue weighted by molar-refractivity contribution is 9.10. The maximum absolute atomic E-state index is 12.6. The van der Waals surface area contributed by atoms with Crippen LogP contribution in [0.5, 0.6) is 0 Å². The highest BCUT2D eigenvalue weighted by Gasteiger charge is 2.43. The Morgan fingerprint density at radius 2 is 2.21 bits per heavy atom. The molecule has 0 fully saturated rings. The second kappa shape index (κ2) is 6.89. The number of ether oxygens (including phenoxy) is 1. The molecule has 0 saturated carbocycles.